The predicted molar refractivity (Wildman–Crippen MR) is 73.7 cm³/mol. The number of aromatic nitrogens is 5. The Morgan fingerprint density at radius 1 is 1.50 bits per heavy atom. The third-order valence-corrected chi connectivity index (χ3v) is 3.62. The number of carboxylic acids is 1. The SMILES string of the molecule is CCCc1nnsc1-c1nc2ncc(C(=O)O)cc2[nH]1. The Labute approximate surface area is 117 Å². The number of hydrogen-bond acceptors (Lipinski definition) is 6. The van der Waals surface area contributed by atoms with Gasteiger partial charge in [-0.05, 0) is 24.0 Å². The highest BCUT2D eigenvalue weighted by Gasteiger charge is 2.15. The van der Waals surface area contributed by atoms with Crippen molar-refractivity contribution in [3.05, 3.63) is 23.5 Å². The van der Waals surface area contributed by atoms with Gasteiger partial charge >= 0.3 is 5.97 Å². The molecule has 0 aliphatic rings. The molecule has 20 heavy (non-hydrogen) atoms. The quantitative estimate of drug-likeness (QED) is 0.762. The molecule has 0 aromatic carbocycles. The number of nitrogens with one attached hydrogen (secondary N) is 1. The molecule has 3 aromatic heterocycles. The van der Waals surface area contributed by atoms with Crippen LogP contribution in [0.4, 0.5) is 0 Å². The Bertz CT molecular complexity index is 779. The van der Waals surface area contributed by atoms with Crippen LogP contribution in [0.25, 0.3) is 21.9 Å². The number of nitrogens with zero attached hydrogens (tertiary/aromatic N) is 4. The number of imidazole rings is 1. The first-order chi connectivity index (χ1) is 9.69. The van der Waals surface area contributed by atoms with E-state index in [1.54, 1.807) is 0 Å². The standard InChI is InChI=1S/C12H11N5O2S/c1-2-3-7-9(20-17-16-7)11-14-8-4-6(12(18)19)5-13-10(8)15-11/h4-5H,2-3H2,1H3,(H,18,19)(H,13,14,15). The van der Waals surface area contributed by atoms with Crippen molar-refractivity contribution in [1.82, 2.24) is 24.5 Å². The summed E-state index contributed by atoms with van der Waals surface area (Å²) in [6.45, 7) is 2.07. The molecule has 0 saturated carbocycles. The largest absolute Gasteiger partial charge is 0.478 e. The number of rotatable bonds is 4. The molecule has 3 heterocycles. The average molecular weight is 289 g/mol. The van der Waals surface area contributed by atoms with Crippen LogP contribution in [0.5, 0.6) is 0 Å². The van der Waals surface area contributed by atoms with E-state index >= 15 is 0 Å². The summed E-state index contributed by atoms with van der Waals surface area (Å²) in [4.78, 5) is 23.3. The van der Waals surface area contributed by atoms with Gasteiger partial charge in [0.25, 0.3) is 0 Å². The molecule has 3 rings (SSSR count). The minimum absolute atomic E-state index is 0.129. The molecule has 0 atom stereocenters. The van der Waals surface area contributed by atoms with Gasteiger partial charge in [-0.3, -0.25) is 0 Å². The summed E-state index contributed by atoms with van der Waals surface area (Å²) in [5, 5.41) is 13.0. The van der Waals surface area contributed by atoms with Gasteiger partial charge < -0.3 is 10.1 Å². The van der Waals surface area contributed by atoms with E-state index in [2.05, 4.69) is 31.5 Å². The molecular weight excluding hydrogens is 278 g/mol. The maximum Gasteiger partial charge on any atom is 0.337 e. The zero-order valence-electron chi connectivity index (χ0n) is 10.6. The first-order valence-electron chi connectivity index (χ1n) is 6.09. The fourth-order valence-electron chi connectivity index (χ4n) is 1.91. The predicted octanol–water partition coefficient (Wildman–Crippen LogP) is 2.13. The Morgan fingerprint density at radius 2 is 2.35 bits per heavy atom. The lowest BCUT2D eigenvalue weighted by molar-refractivity contribution is 0.0696. The van der Waals surface area contributed by atoms with E-state index < -0.39 is 5.97 Å². The van der Waals surface area contributed by atoms with Gasteiger partial charge in [0.2, 0.25) is 0 Å². The van der Waals surface area contributed by atoms with Gasteiger partial charge in [0.05, 0.1) is 16.8 Å². The number of aromatic amines is 1. The van der Waals surface area contributed by atoms with Gasteiger partial charge in [-0.15, -0.1) is 5.10 Å². The van der Waals surface area contributed by atoms with Gasteiger partial charge in [0.15, 0.2) is 11.5 Å². The van der Waals surface area contributed by atoms with Crippen LogP contribution >= 0.6 is 11.5 Å². The van der Waals surface area contributed by atoms with Crippen LogP contribution in [0.3, 0.4) is 0 Å². The monoisotopic (exact) mass is 289 g/mol. The van der Waals surface area contributed by atoms with E-state index in [4.69, 9.17) is 5.11 Å². The van der Waals surface area contributed by atoms with Gasteiger partial charge in [0, 0.05) is 6.20 Å². The minimum Gasteiger partial charge on any atom is -0.478 e. The van der Waals surface area contributed by atoms with Crippen molar-refractivity contribution in [3.8, 4) is 10.7 Å². The number of fused-ring (bicyclic) bond motifs is 1. The topological polar surface area (TPSA) is 105 Å². The van der Waals surface area contributed by atoms with Crippen LogP contribution in [-0.2, 0) is 6.42 Å². The third kappa shape index (κ3) is 2.14. The van der Waals surface area contributed by atoms with Crippen molar-refractivity contribution in [2.24, 2.45) is 0 Å². The minimum atomic E-state index is -1.01. The molecule has 0 aliphatic carbocycles. The fraction of sp³-hybridized carbons (Fsp3) is 0.250. The maximum atomic E-state index is 10.9. The highest BCUT2D eigenvalue weighted by Crippen LogP contribution is 2.26. The Kier molecular flexibility index (Phi) is 3.15. The molecule has 0 amide bonds. The lowest BCUT2D eigenvalue weighted by atomic mass is 10.2. The van der Waals surface area contributed by atoms with Crippen molar-refractivity contribution in [2.45, 2.75) is 19.8 Å². The first kappa shape index (κ1) is 12.7. The van der Waals surface area contributed by atoms with Gasteiger partial charge in [0.1, 0.15) is 4.88 Å². The average Bonchev–Trinajstić information content (AvgIpc) is 3.03. The second-order valence-electron chi connectivity index (χ2n) is 4.28. The van der Waals surface area contributed by atoms with Crippen molar-refractivity contribution in [3.63, 3.8) is 0 Å². The summed E-state index contributed by atoms with van der Waals surface area (Å²) in [7, 11) is 0. The Hall–Kier alpha value is -2.35. The molecule has 0 bridgehead atoms. The third-order valence-electron chi connectivity index (χ3n) is 2.84. The number of aryl methyl sites for hydroxylation is 1. The highest BCUT2D eigenvalue weighted by atomic mass is 32.1. The summed E-state index contributed by atoms with van der Waals surface area (Å²) in [6, 6.07) is 1.52. The molecule has 0 aliphatic heterocycles. The zero-order chi connectivity index (χ0) is 14.1. The zero-order valence-corrected chi connectivity index (χ0v) is 11.4. The molecule has 3 aromatic rings. The number of H-pyrrole nitrogens is 1. The maximum absolute atomic E-state index is 10.9. The molecule has 0 radical (unpaired) electrons. The highest BCUT2D eigenvalue weighted by molar-refractivity contribution is 7.09. The number of pyridine rings is 1. The Balaban J connectivity index is 2.08. The molecule has 0 spiro atoms. The van der Waals surface area contributed by atoms with Crippen LogP contribution in [0.1, 0.15) is 29.4 Å². The normalized spacial score (nSPS) is 11.1. The van der Waals surface area contributed by atoms with E-state index in [1.807, 2.05) is 0 Å². The number of carbonyl (C=O) groups is 1. The van der Waals surface area contributed by atoms with Crippen LogP contribution in [0.2, 0.25) is 0 Å². The van der Waals surface area contributed by atoms with E-state index in [9.17, 15) is 4.79 Å². The van der Waals surface area contributed by atoms with Gasteiger partial charge in [-0.25, -0.2) is 14.8 Å². The molecule has 0 unspecified atom stereocenters. The smallest absolute Gasteiger partial charge is 0.337 e. The molecule has 0 saturated heterocycles. The number of carboxylic acid groups (broad SMARTS) is 1. The second kappa shape index (κ2) is 4.97. The van der Waals surface area contributed by atoms with Crippen LogP contribution < -0.4 is 0 Å². The van der Waals surface area contributed by atoms with Gasteiger partial charge in [-0.2, -0.15) is 0 Å². The molecule has 8 heteroatoms. The summed E-state index contributed by atoms with van der Waals surface area (Å²) < 4.78 is 3.95. The summed E-state index contributed by atoms with van der Waals surface area (Å²) in [5.74, 6) is -0.379. The molecule has 102 valence electrons. The lowest BCUT2D eigenvalue weighted by Crippen LogP contribution is -1.96. The summed E-state index contributed by atoms with van der Waals surface area (Å²) in [5.41, 5.74) is 2.11. The van der Waals surface area contributed by atoms with E-state index in [1.165, 1.54) is 23.8 Å². The lowest BCUT2D eigenvalue weighted by Gasteiger charge is -1.94. The summed E-state index contributed by atoms with van der Waals surface area (Å²) >= 11 is 1.27. The fourth-order valence-corrected chi connectivity index (χ4v) is 2.57. The number of aromatic carboxylic acids is 1. The molecule has 2 N–H and O–H groups in total. The van der Waals surface area contributed by atoms with Crippen molar-refractivity contribution in [2.75, 3.05) is 0 Å². The first-order valence-corrected chi connectivity index (χ1v) is 6.87. The van der Waals surface area contributed by atoms with E-state index in [0.29, 0.717) is 17.0 Å². The molecule has 0 fully saturated rings. The van der Waals surface area contributed by atoms with Crippen molar-refractivity contribution >= 4 is 28.7 Å². The van der Waals surface area contributed by atoms with E-state index in [-0.39, 0.29) is 5.56 Å². The molecular formula is C12H11N5O2S. The van der Waals surface area contributed by atoms with Crippen LogP contribution in [0, 0.1) is 0 Å². The van der Waals surface area contributed by atoms with E-state index in [0.717, 1.165) is 23.4 Å². The molecule has 7 nitrogen and oxygen atoms in total. The van der Waals surface area contributed by atoms with Crippen LogP contribution in [-0.4, -0.2) is 35.6 Å². The van der Waals surface area contributed by atoms with Gasteiger partial charge in [-0.1, -0.05) is 17.8 Å². The Morgan fingerprint density at radius 3 is 3.10 bits per heavy atom. The van der Waals surface area contributed by atoms with Crippen molar-refractivity contribution < 1.29 is 9.90 Å². The summed E-state index contributed by atoms with van der Waals surface area (Å²) in [6.07, 6.45) is 3.10. The number of hydrogen-bond donors (Lipinski definition) is 2. The van der Waals surface area contributed by atoms with Crippen LogP contribution in [0.15, 0.2) is 12.3 Å². The second-order valence-corrected chi connectivity index (χ2v) is 5.04. The van der Waals surface area contributed by atoms with Crippen molar-refractivity contribution in [1.29, 1.82) is 0 Å².